The molecule has 0 atom stereocenters. The van der Waals surface area contributed by atoms with E-state index in [1.807, 2.05) is 12.3 Å². The molecule has 0 saturated carbocycles. The molecule has 0 aliphatic heterocycles. The molecule has 0 aromatic carbocycles. The molecule has 6 nitrogen and oxygen atoms in total. The summed E-state index contributed by atoms with van der Waals surface area (Å²) in [7, 11) is 0. The predicted molar refractivity (Wildman–Crippen MR) is 84.0 cm³/mol. The topological polar surface area (TPSA) is 72.7 Å². The van der Waals surface area contributed by atoms with Crippen molar-refractivity contribution in [1.29, 1.82) is 0 Å². The summed E-state index contributed by atoms with van der Waals surface area (Å²) < 4.78 is 1.62. The molecule has 22 heavy (non-hydrogen) atoms. The third-order valence-corrected chi connectivity index (χ3v) is 4.24. The third kappa shape index (κ3) is 3.20. The summed E-state index contributed by atoms with van der Waals surface area (Å²) in [6, 6.07) is 5.20. The molecule has 0 aliphatic rings. The van der Waals surface area contributed by atoms with Gasteiger partial charge in [-0.25, -0.2) is 14.6 Å². The molecule has 3 aromatic heterocycles. The third-order valence-electron chi connectivity index (χ3n) is 3.10. The fourth-order valence-electron chi connectivity index (χ4n) is 1.94. The Morgan fingerprint density at radius 1 is 1.36 bits per heavy atom. The van der Waals surface area contributed by atoms with E-state index in [1.54, 1.807) is 46.7 Å². The smallest absolute Gasteiger partial charge is 0.251 e. The van der Waals surface area contributed by atoms with E-state index < -0.39 is 0 Å². The molecule has 3 rings (SSSR count). The zero-order valence-corrected chi connectivity index (χ0v) is 12.9. The van der Waals surface area contributed by atoms with Gasteiger partial charge in [-0.1, -0.05) is 6.92 Å². The summed E-state index contributed by atoms with van der Waals surface area (Å²) >= 11 is 1.62. The van der Waals surface area contributed by atoms with Crippen LogP contribution in [0.2, 0.25) is 0 Å². The van der Waals surface area contributed by atoms with Crippen molar-refractivity contribution in [2.45, 2.75) is 19.9 Å². The van der Waals surface area contributed by atoms with Crippen LogP contribution in [-0.2, 0) is 13.0 Å². The fourth-order valence-corrected chi connectivity index (χ4v) is 2.74. The van der Waals surface area contributed by atoms with Crippen molar-refractivity contribution >= 4 is 17.2 Å². The number of amides is 1. The van der Waals surface area contributed by atoms with E-state index in [0.717, 1.165) is 11.4 Å². The Morgan fingerprint density at radius 3 is 3.00 bits per heavy atom. The maximum atomic E-state index is 12.2. The highest BCUT2D eigenvalue weighted by molar-refractivity contribution is 7.11. The lowest BCUT2D eigenvalue weighted by atomic mass is 10.2. The number of thiazole rings is 1. The average molecular weight is 313 g/mol. The zero-order chi connectivity index (χ0) is 15.4. The van der Waals surface area contributed by atoms with Crippen molar-refractivity contribution in [3.8, 4) is 5.82 Å². The van der Waals surface area contributed by atoms with Gasteiger partial charge in [0.15, 0.2) is 5.82 Å². The first-order valence-corrected chi connectivity index (χ1v) is 7.75. The standard InChI is InChI=1S/C15H15N5OS/c1-2-12-9-17-14(22-12)10-18-15(21)11-4-6-16-13(8-11)20-7-3-5-19-20/h3-9H,2,10H2,1H3,(H,18,21). The summed E-state index contributed by atoms with van der Waals surface area (Å²) in [5.74, 6) is 0.462. The molecular formula is C15H15N5OS. The Bertz CT molecular complexity index is 766. The van der Waals surface area contributed by atoms with Crippen LogP contribution in [0.3, 0.4) is 0 Å². The largest absolute Gasteiger partial charge is 0.346 e. The number of nitrogens with zero attached hydrogens (tertiary/aromatic N) is 4. The van der Waals surface area contributed by atoms with Crippen LogP contribution in [0, 0.1) is 0 Å². The Labute approximate surface area is 131 Å². The minimum Gasteiger partial charge on any atom is -0.346 e. The predicted octanol–water partition coefficient (Wildman–Crippen LogP) is 2.22. The summed E-state index contributed by atoms with van der Waals surface area (Å²) in [6.45, 7) is 2.52. The highest BCUT2D eigenvalue weighted by Crippen LogP contribution is 2.13. The summed E-state index contributed by atoms with van der Waals surface area (Å²) in [5, 5.41) is 7.89. The average Bonchev–Trinajstić information content (AvgIpc) is 3.24. The summed E-state index contributed by atoms with van der Waals surface area (Å²) in [5.41, 5.74) is 0.549. The van der Waals surface area contributed by atoms with Gasteiger partial charge < -0.3 is 5.32 Å². The molecule has 112 valence electrons. The molecule has 7 heteroatoms. The number of carbonyl (C=O) groups is 1. The molecule has 0 unspecified atom stereocenters. The number of pyridine rings is 1. The van der Waals surface area contributed by atoms with Gasteiger partial charge in [-0.15, -0.1) is 11.3 Å². The lowest BCUT2D eigenvalue weighted by Crippen LogP contribution is -2.23. The number of rotatable bonds is 5. The van der Waals surface area contributed by atoms with Crippen molar-refractivity contribution in [2.75, 3.05) is 0 Å². The molecule has 0 radical (unpaired) electrons. The van der Waals surface area contributed by atoms with Crippen LogP contribution >= 0.6 is 11.3 Å². The van der Waals surface area contributed by atoms with Gasteiger partial charge in [0.25, 0.3) is 5.91 Å². The van der Waals surface area contributed by atoms with Gasteiger partial charge in [-0.05, 0) is 24.6 Å². The van der Waals surface area contributed by atoms with Crippen LogP contribution in [0.1, 0.15) is 27.2 Å². The second kappa shape index (κ2) is 6.48. The second-order valence-electron chi connectivity index (χ2n) is 4.61. The fraction of sp³-hybridized carbons (Fsp3) is 0.200. The maximum absolute atomic E-state index is 12.2. The molecule has 1 N–H and O–H groups in total. The monoisotopic (exact) mass is 313 g/mol. The summed E-state index contributed by atoms with van der Waals surface area (Å²) in [4.78, 5) is 21.9. The van der Waals surface area contributed by atoms with Crippen molar-refractivity contribution in [1.82, 2.24) is 25.1 Å². The SMILES string of the molecule is CCc1cnc(CNC(=O)c2ccnc(-n3cccn3)c2)s1. The molecule has 1 amide bonds. The van der Waals surface area contributed by atoms with Crippen molar-refractivity contribution in [3.05, 3.63) is 58.4 Å². The molecule has 0 fully saturated rings. The van der Waals surface area contributed by atoms with Crippen LogP contribution in [0.5, 0.6) is 0 Å². The van der Waals surface area contributed by atoms with E-state index in [-0.39, 0.29) is 5.91 Å². The van der Waals surface area contributed by atoms with Gasteiger partial charge in [0.2, 0.25) is 0 Å². The molecule has 0 spiro atoms. The Kier molecular flexibility index (Phi) is 4.24. The number of aryl methyl sites for hydroxylation is 1. The Hall–Kier alpha value is -2.54. The maximum Gasteiger partial charge on any atom is 0.251 e. The first kappa shape index (κ1) is 14.4. The van der Waals surface area contributed by atoms with E-state index >= 15 is 0 Å². The molecule has 3 aromatic rings. The van der Waals surface area contributed by atoms with Gasteiger partial charge in [0.1, 0.15) is 5.01 Å². The number of hydrogen-bond donors (Lipinski definition) is 1. The number of aromatic nitrogens is 4. The Balaban J connectivity index is 1.68. The highest BCUT2D eigenvalue weighted by Gasteiger charge is 2.09. The van der Waals surface area contributed by atoms with Crippen molar-refractivity contribution in [3.63, 3.8) is 0 Å². The lowest BCUT2D eigenvalue weighted by molar-refractivity contribution is 0.0950. The van der Waals surface area contributed by atoms with Crippen molar-refractivity contribution in [2.24, 2.45) is 0 Å². The minimum absolute atomic E-state index is 0.149. The van der Waals surface area contributed by atoms with Gasteiger partial charge in [-0.3, -0.25) is 4.79 Å². The van der Waals surface area contributed by atoms with E-state index in [9.17, 15) is 4.79 Å². The van der Waals surface area contributed by atoms with E-state index in [2.05, 4.69) is 27.3 Å². The van der Waals surface area contributed by atoms with Gasteiger partial charge in [-0.2, -0.15) is 5.10 Å². The highest BCUT2D eigenvalue weighted by atomic mass is 32.1. The second-order valence-corrected chi connectivity index (χ2v) is 5.81. The minimum atomic E-state index is -0.149. The lowest BCUT2D eigenvalue weighted by Gasteiger charge is -2.05. The molecule has 3 heterocycles. The molecule has 0 bridgehead atoms. The van der Waals surface area contributed by atoms with Gasteiger partial charge >= 0.3 is 0 Å². The quantitative estimate of drug-likeness (QED) is 0.784. The number of nitrogens with one attached hydrogen (secondary N) is 1. The number of hydrogen-bond acceptors (Lipinski definition) is 5. The van der Waals surface area contributed by atoms with Crippen LogP contribution in [-0.4, -0.2) is 25.7 Å². The number of carbonyl (C=O) groups excluding carboxylic acids is 1. The summed E-state index contributed by atoms with van der Waals surface area (Å²) in [6.07, 6.45) is 7.87. The van der Waals surface area contributed by atoms with Crippen LogP contribution in [0.25, 0.3) is 5.82 Å². The zero-order valence-electron chi connectivity index (χ0n) is 12.1. The van der Waals surface area contributed by atoms with Gasteiger partial charge in [0.05, 0.1) is 6.54 Å². The van der Waals surface area contributed by atoms with Gasteiger partial charge in [0, 0.05) is 35.2 Å². The van der Waals surface area contributed by atoms with Crippen molar-refractivity contribution < 1.29 is 4.79 Å². The molecule has 0 saturated heterocycles. The van der Waals surface area contributed by atoms with E-state index in [0.29, 0.717) is 17.9 Å². The molecular weight excluding hydrogens is 298 g/mol. The van der Waals surface area contributed by atoms with Crippen LogP contribution in [0.15, 0.2) is 43.0 Å². The van der Waals surface area contributed by atoms with Crippen LogP contribution < -0.4 is 5.32 Å². The first-order chi connectivity index (χ1) is 10.8. The first-order valence-electron chi connectivity index (χ1n) is 6.94. The molecule has 0 aliphatic carbocycles. The Morgan fingerprint density at radius 2 is 2.27 bits per heavy atom. The van der Waals surface area contributed by atoms with Crippen LogP contribution in [0.4, 0.5) is 0 Å². The van der Waals surface area contributed by atoms with E-state index in [1.165, 1.54) is 4.88 Å². The normalized spacial score (nSPS) is 10.6. The van der Waals surface area contributed by atoms with E-state index in [4.69, 9.17) is 0 Å².